The number of hydrogen-bond acceptors (Lipinski definition) is 5. The molecule has 2 aliphatic rings. The maximum atomic E-state index is 13.5. The molecule has 2 N–H and O–H groups in total. The number of nitrogens with zero attached hydrogens (tertiary/aromatic N) is 1. The minimum atomic E-state index is -1.19. The van der Waals surface area contributed by atoms with Gasteiger partial charge in [0, 0.05) is 29.8 Å². The number of carbonyl (C=O) groups is 3. The molecule has 8 nitrogen and oxygen atoms in total. The van der Waals surface area contributed by atoms with E-state index >= 15 is 0 Å². The van der Waals surface area contributed by atoms with Crippen molar-refractivity contribution in [2.75, 3.05) is 24.6 Å². The quantitative estimate of drug-likeness (QED) is 0.492. The molecule has 196 valence electrons. The molecule has 12 heteroatoms. The molecular formula is C25H23Cl2F2N3O5. The smallest absolute Gasteiger partial charge is 0.262 e. The number of halogens is 4. The number of benzene rings is 2. The second kappa shape index (κ2) is 11.4. The third-order valence-corrected chi connectivity index (χ3v) is 6.26. The minimum absolute atomic E-state index is 0.0601. The van der Waals surface area contributed by atoms with Gasteiger partial charge in [-0.05, 0) is 36.8 Å². The van der Waals surface area contributed by atoms with Gasteiger partial charge in [0.05, 0.1) is 23.2 Å². The summed E-state index contributed by atoms with van der Waals surface area (Å²) in [4.78, 5) is 38.9. The largest absolute Gasteiger partial charge is 0.484 e. The first-order valence-corrected chi connectivity index (χ1v) is 12.1. The van der Waals surface area contributed by atoms with Crippen LogP contribution in [0.3, 0.4) is 0 Å². The van der Waals surface area contributed by atoms with E-state index in [1.807, 2.05) is 0 Å². The highest BCUT2D eigenvalue weighted by molar-refractivity contribution is 6.31. The molecule has 1 fully saturated rings. The average Bonchev–Trinajstić information content (AvgIpc) is 3.60. The normalized spacial score (nSPS) is 19.8. The van der Waals surface area contributed by atoms with Crippen molar-refractivity contribution in [3.8, 4) is 11.5 Å². The van der Waals surface area contributed by atoms with Gasteiger partial charge in [-0.15, -0.1) is 0 Å². The van der Waals surface area contributed by atoms with E-state index in [1.165, 1.54) is 17.0 Å². The Labute approximate surface area is 221 Å². The van der Waals surface area contributed by atoms with E-state index in [0.29, 0.717) is 16.4 Å². The summed E-state index contributed by atoms with van der Waals surface area (Å²) in [5.74, 6) is -2.39. The number of ether oxygens (including phenoxy) is 2. The maximum Gasteiger partial charge on any atom is 0.262 e. The van der Waals surface area contributed by atoms with Crippen LogP contribution in [0.5, 0.6) is 11.5 Å². The molecule has 0 radical (unpaired) electrons. The number of fused-ring (bicyclic) bond motifs is 1. The molecule has 1 saturated carbocycles. The Morgan fingerprint density at radius 2 is 1.95 bits per heavy atom. The van der Waals surface area contributed by atoms with Crippen LogP contribution in [0.25, 0.3) is 0 Å². The summed E-state index contributed by atoms with van der Waals surface area (Å²) in [5.41, 5.74) is 0.709. The van der Waals surface area contributed by atoms with Crippen LogP contribution >= 0.6 is 23.2 Å². The lowest BCUT2D eigenvalue weighted by Gasteiger charge is -2.34. The van der Waals surface area contributed by atoms with Crippen LogP contribution in [0.15, 0.2) is 48.7 Å². The molecule has 1 heterocycles. The van der Waals surface area contributed by atoms with E-state index in [4.69, 9.17) is 32.7 Å². The second-order valence-electron chi connectivity index (χ2n) is 8.58. The Kier molecular flexibility index (Phi) is 8.19. The van der Waals surface area contributed by atoms with Crippen LogP contribution in [0.4, 0.5) is 14.5 Å². The van der Waals surface area contributed by atoms with Crippen molar-refractivity contribution in [1.82, 2.24) is 10.6 Å². The van der Waals surface area contributed by atoms with Gasteiger partial charge in [-0.3, -0.25) is 14.4 Å². The van der Waals surface area contributed by atoms with Gasteiger partial charge in [0.25, 0.3) is 11.8 Å². The standard InChI is InChI=1S/C25H23Cl2F2N3O5/c1-13(31-23(33)12-36-15-3-4-17(27)19(29)9-15)6-7-30-24(34)22-11-32(25(35)16-10-18(16)28)20-8-14(26)2-5-21(20)37-22/h2-5,8-9,16,18,22H,1,6-7,10-12H2,(H,30,34)(H,31,33)/t16-,18+,22?/m1/s1. The molecule has 3 amide bonds. The number of carbonyl (C=O) groups excluding carboxylic acids is 3. The van der Waals surface area contributed by atoms with Crippen LogP contribution in [0, 0.1) is 11.7 Å². The molecule has 4 rings (SSSR count). The van der Waals surface area contributed by atoms with Crippen molar-refractivity contribution in [2.45, 2.75) is 25.1 Å². The molecule has 1 aliphatic carbocycles. The number of alkyl halides is 1. The lowest BCUT2D eigenvalue weighted by atomic mass is 10.1. The highest BCUT2D eigenvalue weighted by atomic mass is 35.5. The van der Waals surface area contributed by atoms with E-state index in [1.54, 1.807) is 18.2 Å². The monoisotopic (exact) mass is 553 g/mol. The molecule has 0 bridgehead atoms. The summed E-state index contributed by atoms with van der Waals surface area (Å²) < 4.78 is 38.0. The first-order chi connectivity index (χ1) is 17.6. The van der Waals surface area contributed by atoms with Crippen molar-refractivity contribution in [2.24, 2.45) is 5.92 Å². The number of anilines is 1. The maximum absolute atomic E-state index is 13.5. The molecule has 2 aromatic carbocycles. The summed E-state index contributed by atoms with van der Waals surface area (Å²) in [6.07, 6.45) is -1.85. The summed E-state index contributed by atoms with van der Waals surface area (Å²) in [6, 6.07) is 8.47. The zero-order valence-electron chi connectivity index (χ0n) is 19.4. The molecule has 2 aromatic rings. The van der Waals surface area contributed by atoms with Crippen LogP contribution in [-0.4, -0.2) is 49.7 Å². The van der Waals surface area contributed by atoms with E-state index in [-0.39, 0.29) is 49.1 Å². The fraction of sp³-hybridized carbons (Fsp3) is 0.320. The molecule has 1 aliphatic heterocycles. The van der Waals surface area contributed by atoms with Crippen LogP contribution < -0.4 is 25.0 Å². The minimum Gasteiger partial charge on any atom is -0.484 e. The average molecular weight is 554 g/mol. The first kappa shape index (κ1) is 26.7. The van der Waals surface area contributed by atoms with E-state index in [0.717, 1.165) is 6.07 Å². The van der Waals surface area contributed by atoms with Crippen molar-refractivity contribution in [3.63, 3.8) is 0 Å². The van der Waals surface area contributed by atoms with Gasteiger partial charge in [0.15, 0.2) is 12.7 Å². The summed E-state index contributed by atoms with van der Waals surface area (Å²) in [7, 11) is 0. The van der Waals surface area contributed by atoms with Gasteiger partial charge in [-0.1, -0.05) is 29.8 Å². The number of hydrogen-bond donors (Lipinski definition) is 2. The molecule has 0 spiro atoms. The van der Waals surface area contributed by atoms with Crippen LogP contribution in [0.1, 0.15) is 12.8 Å². The van der Waals surface area contributed by atoms with Gasteiger partial charge >= 0.3 is 0 Å². The summed E-state index contributed by atoms with van der Waals surface area (Å²) >= 11 is 11.7. The SMILES string of the molecule is C=C(CCNC(=O)C1CN(C(=O)[C@@H]2C[C@@H]2F)c2cc(Cl)ccc2O1)NC(=O)COc1ccc(Cl)c(F)c1. The first-order valence-electron chi connectivity index (χ1n) is 11.4. The third kappa shape index (κ3) is 6.69. The van der Waals surface area contributed by atoms with Crippen molar-refractivity contribution >= 4 is 46.6 Å². The Bertz CT molecular complexity index is 1240. The molecule has 0 saturated heterocycles. The summed E-state index contributed by atoms with van der Waals surface area (Å²) in [5, 5.41) is 5.53. The lowest BCUT2D eigenvalue weighted by Crippen LogP contribution is -2.51. The van der Waals surface area contributed by atoms with E-state index < -0.39 is 41.7 Å². The number of amides is 3. The molecule has 37 heavy (non-hydrogen) atoms. The van der Waals surface area contributed by atoms with Gasteiger partial charge in [0.2, 0.25) is 5.91 Å². The second-order valence-corrected chi connectivity index (χ2v) is 9.43. The predicted molar refractivity (Wildman–Crippen MR) is 133 cm³/mol. The highest BCUT2D eigenvalue weighted by Gasteiger charge is 2.48. The van der Waals surface area contributed by atoms with Crippen LogP contribution in [-0.2, 0) is 14.4 Å². The number of nitrogens with one attached hydrogen (secondary N) is 2. The molecule has 3 atom stereocenters. The van der Waals surface area contributed by atoms with Gasteiger partial charge in [-0.2, -0.15) is 0 Å². The third-order valence-electron chi connectivity index (χ3n) is 5.72. The highest BCUT2D eigenvalue weighted by Crippen LogP contribution is 2.41. The lowest BCUT2D eigenvalue weighted by molar-refractivity contribution is -0.128. The molecule has 0 aromatic heterocycles. The van der Waals surface area contributed by atoms with E-state index in [2.05, 4.69) is 17.2 Å². The Morgan fingerprint density at radius 1 is 1.19 bits per heavy atom. The predicted octanol–water partition coefficient (Wildman–Crippen LogP) is 3.80. The fourth-order valence-electron chi connectivity index (χ4n) is 3.68. The van der Waals surface area contributed by atoms with Gasteiger partial charge < -0.3 is 25.0 Å². The Balaban J connectivity index is 1.25. The van der Waals surface area contributed by atoms with Crippen molar-refractivity contribution in [3.05, 3.63) is 64.5 Å². The van der Waals surface area contributed by atoms with E-state index in [9.17, 15) is 23.2 Å². The van der Waals surface area contributed by atoms with Crippen molar-refractivity contribution in [1.29, 1.82) is 0 Å². The van der Waals surface area contributed by atoms with Gasteiger partial charge in [-0.25, -0.2) is 8.78 Å². The fourth-order valence-corrected chi connectivity index (χ4v) is 3.97. The van der Waals surface area contributed by atoms with Gasteiger partial charge in [0.1, 0.15) is 23.5 Å². The topological polar surface area (TPSA) is 97.0 Å². The summed E-state index contributed by atoms with van der Waals surface area (Å²) in [6.45, 7) is 3.39. The van der Waals surface area contributed by atoms with Crippen LogP contribution in [0.2, 0.25) is 10.0 Å². The zero-order valence-corrected chi connectivity index (χ0v) is 21.0. The Morgan fingerprint density at radius 3 is 2.65 bits per heavy atom. The number of rotatable bonds is 9. The Hall–Kier alpha value is -3.37. The van der Waals surface area contributed by atoms with Crippen molar-refractivity contribution < 1.29 is 32.6 Å². The zero-order chi connectivity index (χ0) is 26.7. The molecule has 1 unspecified atom stereocenters. The molecular weight excluding hydrogens is 531 g/mol.